The molecule has 0 aliphatic heterocycles. The van der Waals surface area contributed by atoms with Crippen molar-refractivity contribution < 1.29 is 4.79 Å². The molecule has 0 aromatic heterocycles. The number of hydrogen-bond acceptors (Lipinski definition) is 3. The normalized spacial score (nSPS) is 22.8. The number of anilines is 2. The molecular weight excluding hydrogens is 202 g/mol. The summed E-state index contributed by atoms with van der Waals surface area (Å²) >= 11 is 0. The Labute approximate surface area is 95.0 Å². The summed E-state index contributed by atoms with van der Waals surface area (Å²) in [7, 11) is 0. The van der Waals surface area contributed by atoms with E-state index in [1.54, 1.807) is 18.2 Å². The zero-order chi connectivity index (χ0) is 11.7. The minimum atomic E-state index is -0.446. The number of hydrogen-bond donors (Lipinski definition) is 3. The van der Waals surface area contributed by atoms with Gasteiger partial charge in [0.1, 0.15) is 0 Å². The van der Waals surface area contributed by atoms with E-state index in [2.05, 4.69) is 12.2 Å². The Morgan fingerprint density at radius 3 is 2.81 bits per heavy atom. The number of nitrogen functional groups attached to an aromatic ring is 1. The van der Waals surface area contributed by atoms with Crippen molar-refractivity contribution in [3.8, 4) is 0 Å². The van der Waals surface area contributed by atoms with Crippen molar-refractivity contribution in [2.75, 3.05) is 17.6 Å². The van der Waals surface area contributed by atoms with Crippen molar-refractivity contribution in [1.29, 1.82) is 0 Å². The predicted molar refractivity (Wildman–Crippen MR) is 65.1 cm³/mol. The molecule has 4 heteroatoms. The third-order valence-electron chi connectivity index (χ3n) is 3.18. The Balaban J connectivity index is 2.14. The minimum Gasteiger partial charge on any atom is -0.397 e. The highest BCUT2D eigenvalue weighted by atomic mass is 16.1. The van der Waals surface area contributed by atoms with Gasteiger partial charge in [0, 0.05) is 6.54 Å². The molecule has 1 aromatic carbocycles. The van der Waals surface area contributed by atoms with Crippen molar-refractivity contribution >= 4 is 17.3 Å². The molecule has 2 rings (SSSR count). The maximum atomic E-state index is 11.2. The number of amides is 1. The fourth-order valence-electron chi connectivity index (χ4n) is 1.89. The zero-order valence-electron chi connectivity index (χ0n) is 9.36. The first kappa shape index (κ1) is 10.8. The maximum absolute atomic E-state index is 11.2. The van der Waals surface area contributed by atoms with E-state index in [0.29, 0.717) is 22.9 Å². The van der Waals surface area contributed by atoms with E-state index >= 15 is 0 Å². The number of carbonyl (C=O) groups excluding carboxylic acids is 1. The van der Waals surface area contributed by atoms with Crippen LogP contribution in [0.2, 0.25) is 0 Å². The van der Waals surface area contributed by atoms with E-state index in [9.17, 15) is 4.79 Å². The Kier molecular flexibility index (Phi) is 2.73. The second kappa shape index (κ2) is 4.04. The fraction of sp³-hybridized carbons (Fsp3) is 0.417. The van der Waals surface area contributed by atoms with Crippen molar-refractivity contribution in [1.82, 2.24) is 0 Å². The van der Waals surface area contributed by atoms with Gasteiger partial charge in [0.15, 0.2) is 0 Å². The fourth-order valence-corrected chi connectivity index (χ4v) is 1.89. The Hall–Kier alpha value is -1.71. The van der Waals surface area contributed by atoms with Gasteiger partial charge in [0.2, 0.25) is 0 Å². The topological polar surface area (TPSA) is 81.1 Å². The molecule has 0 bridgehead atoms. The molecule has 86 valence electrons. The average Bonchev–Trinajstić information content (AvgIpc) is 2.92. The monoisotopic (exact) mass is 219 g/mol. The number of primary amides is 1. The first-order valence-corrected chi connectivity index (χ1v) is 5.51. The van der Waals surface area contributed by atoms with E-state index in [-0.39, 0.29) is 0 Å². The minimum absolute atomic E-state index is 0.446. The van der Waals surface area contributed by atoms with Crippen molar-refractivity contribution in [2.24, 2.45) is 17.6 Å². The largest absolute Gasteiger partial charge is 0.397 e. The highest BCUT2D eigenvalue weighted by molar-refractivity contribution is 6.01. The van der Waals surface area contributed by atoms with Crippen LogP contribution in [0.3, 0.4) is 0 Å². The van der Waals surface area contributed by atoms with Crippen LogP contribution >= 0.6 is 0 Å². The molecular formula is C12H17N3O. The highest BCUT2D eigenvalue weighted by Crippen LogP contribution is 2.38. The summed E-state index contributed by atoms with van der Waals surface area (Å²) < 4.78 is 0. The number of para-hydroxylation sites is 1. The molecule has 0 saturated heterocycles. The maximum Gasteiger partial charge on any atom is 0.250 e. The van der Waals surface area contributed by atoms with Crippen LogP contribution in [0.5, 0.6) is 0 Å². The highest BCUT2D eigenvalue weighted by Gasteiger charge is 2.32. The van der Waals surface area contributed by atoms with Gasteiger partial charge in [-0.1, -0.05) is 13.0 Å². The van der Waals surface area contributed by atoms with Gasteiger partial charge in [-0.25, -0.2) is 0 Å². The molecule has 1 amide bonds. The van der Waals surface area contributed by atoms with Gasteiger partial charge in [-0.2, -0.15) is 0 Å². The van der Waals surface area contributed by atoms with Crippen molar-refractivity contribution in [3.63, 3.8) is 0 Å². The molecule has 0 spiro atoms. The van der Waals surface area contributed by atoms with Crippen LogP contribution in [0.25, 0.3) is 0 Å². The zero-order valence-corrected chi connectivity index (χ0v) is 9.36. The molecule has 1 aliphatic rings. The van der Waals surface area contributed by atoms with E-state index in [1.165, 1.54) is 6.42 Å². The molecule has 2 unspecified atom stereocenters. The van der Waals surface area contributed by atoms with Gasteiger partial charge in [-0.15, -0.1) is 0 Å². The van der Waals surface area contributed by atoms with Gasteiger partial charge < -0.3 is 16.8 Å². The number of benzene rings is 1. The molecule has 0 radical (unpaired) electrons. The Morgan fingerprint density at radius 1 is 1.56 bits per heavy atom. The SMILES string of the molecule is CC1CC1CNc1c(N)cccc1C(N)=O. The van der Waals surface area contributed by atoms with Gasteiger partial charge in [0.05, 0.1) is 16.9 Å². The molecule has 4 nitrogen and oxygen atoms in total. The molecule has 5 N–H and O–H groups in total. The Morgan fingerprint density at radius 2 is 2.25 bits per heavy atom. The quantitative estimate of drug-likeness (QED) is 0.670. The van der Waals surface area contributed by atoms with Crippen LogP contribution in [0, 0.1) is 11.8 Å². The smallest absolute Gasteiger partial charge is 0.250 e. The standard InChI is InChI=1S/C12H17N3O/c1-7-5-8(7)6-15-11-9(12(14)16)3-2-4-10(11)13/h2-4,7-8,15H,5-6,13H2,1H3,(H2,14,16). The van der Waals surface area contributed by atoms with Gasteiger partial charge >= 0.3 is 0 Å². The van der Waals surface area contributed by atoms with E-state index in [1.807, 2.05) is 0 Å². The van der Waals surface area contributed by atoms with Crippen LogP contribution in [-0.2, 0) is 0 Å². The third kappa shape index (κ3) is 2.10. The van der Waals surface area contributed by atoms with Gasteiger partial charge in [-0.3, -0.25) is 4.79 Å². The summed E-state index contributed by atoms with van der Waals surface area (Å²) in [6, 6.07) is 5.20. The summed E-state index contributed by atoms with van der Waals surface area (Å²) in [6.07, 6.45) is 1.24. The predicted octanol–water partition coefficient (Wildman–Crippen LogP) is 1.44. The van der Waals surface area contributed by atoms with E-state index in [0.717, 1.165) is 12.5 Å². The molecule has 1 saturated carbocycles. The second-order valence-corrected chi connectivity index (χ2v) is 4.49. The summed E-state index contributed by atoms with van der Waals surface area (Å²) in [4.78, 5) is 11.2. The van der Waals surface area contributed by atoms with Gasteiger partial charge in [0.25, 0.3) is 5.91 Å². The number of rotatable bonds is 4. The summed E-state index contributed by atoms with van der Waals surface area (Å²) in [6.45, 7) is 3.07. The van der Waals surface area contributed by atoms with Crippen LogP contribution < -0.4 is 16.8 Å². The molecule has 1 fully saturated rings. The number of nitrogens with two attached hydrogens (primary N) is 2. The third-order valence-corrected chi connectivity index (χ3v) is 3.18. The van der Waals surface area contributed by atoms with Crippen molar-refractivity contribution in [2.45, 2.75) is 13.3 Å². The summed E-state index contributed by atoms with van der Waals surface area (Å²) in [5.41, 5.74) is 12.8. The average molecular weight is 219 g/mol. The van der Waals surface area contributed by atoms with Crippen LogP contribution in [-0.4, -0.2) is 12.5 Å². The lowest BCUT2D eigenvalue weighted by Crippen LogP contribution is -2.16. The molecule has 1 aliphatic carbocycles. The van der Waals surface area contributed by atoms with Crippen LogP contribution in [0.4, 0.5) is 11.4 Å². The molecule has 2 atom stereocenters. The first-order valence-electron chi connectivity index (χ1n) is 5.51. The number of carbonyl (C=O) groups is 1. The lowest BCUT2D eigenvalue weighted by Gasteiger charge is -2.12. The molecule has 16 heavy (non-hydrogen) atoms. The molecule has 1 aromatic rings. The summed E-state index contributed by atoms with van der Waals surface area (Å²) in [5, 5.41) is 3.23. The van der Waals surface area contributed by atoms with E-state index in [4.69, 9.17) is 11.5 Å². The Bertz CT molecular complexity index is 417. The second-order valence-electron chi connectivity index (χ2n) is 4.49. The van der Waals surface area contributed by atoms with Crippen LogP contribution in [0.15, 0.2) is 18.2 Å². The number of nitrogens with one attached hydrogen (secondary N) is 1. The lowest BCUT2D eigenvalue weighted by molar-refractivity contribution is 0.100. The summed E-state index contributed by atoms with van der Waals surface area (Å²) in [5.74, 6) is 1.02. The van der Waals surface area contributed by atoms with Gasteiger partial charge in [-0.05, 0) is 30.4 Å². The first-order chi connectivity index (χ1) is 7.59. The molecule has 0 heterocycles. The lowest BCUT2D eigenvalue weighted by atomic mass is 10.1. The van der Waals surface area contributed by atoms with E-state index < -0.39 is 5.91 Å². The van der Waals surface area contributed by atoms with Crippen LogP contribution in [0.1, 0.15) is 23.7 Å². The van der Waals surface area contributed by atoms with Crippen molar-refractivity contribution in [3.05, 3.63) is 23.8 Å².